The first-order chi connectivity index (χ1) is 16.2. The highest BCUT2D eigenvalue weighted by Crippen LogP contribution is 2.34. The molecule has 1 aliphatic heterocycles. The van der Waals surface area contributed by atoms with E-state index in [1.54, 1.807) is 0 Å². The Bertz CT molecular complexity index is 1130. The number of aryl methyl sites for hydroxylation is 1. The van der Waals surface area contributed by atoms with Gasteiger partial charge in [0.15, 0.2) is 0 Å². The predicted octanol–water partition coefficient (Wildman–Crippen LogP) is 4.09. The average molecular weight is 463 g/mol. The molecule has 1 aliphatic carbocycles. The molecule has 2 aliphatic rings. The summed E-state index contributed by atoms with van der Waals surface area (Å²) < 4.78 is 5.46. The van der Waals surface area contributed by atoms with Crippen LogP contribution >= 0.6 is 11.8 Å². The number of carbonyl (C=O) groups excluding carboxylic acids is 1. The van der Waals surface area contributed by atoms with Crippen molar-refractivity contribution in [2.75, 3.05) is 39.1 Å². The lowest BCUT2D eigenvalue weighted by atomic mass is 9.87. The maximum Gasteiger partial charge on any atom is 0.233 e. The van der Waals surface area contributed by atoms with Crippen molar-refractivity contribution >= 4 is 28.6 Å². The molecular formula is C26H30N4O2S. The van der Waals surface area contributed by atoms with E-state index in [1.165, 1.54) is 22.9 Å². The van der Waals surface area contributed by atoms with Gasteiger partial charge in [0, 0.05) is 25.5 Å². The van der Waals surface area contributed by atoms with Crippen LogP contribution in [0.2, 0.25) is 0 Å². The summed E-state index contributed by atoms with van der Waals surface area (Å²) in [5.41, 5.74) is 3.60. The van der Waals surface area contributed by atoms with Crippen LogP contribution in [0, 0.1) is 0 Å². The molecule has 172 valence electrons. The summed E-state index contributed by atoms with van der Waals surface area (Å²) in [6, 6.07) is 16.8. The van der Waals surface area contributed by atoms with Crippen molar-refractivity contribution in [2.24, 2.45) is 0 Å². The van der Waals surface area contributed by atoms with Crippen molar-refractivity contribution in [1.82, 2.24) is 19.8 Å². The molecule has 33 heavy (non-hydrogen) atoms. The number of aromatic nitrogens is 2. The van der Waals surface area contributed by atoms with E-state index in [1.807, 2.05) is 36.2 Å². The minimum Gasteiger partial charge on any atom is -0.379 e. The number of amides is 1. The van der Waals surface area contributed by atoms with Crippen molar-refractivity contribution in [2.45, 2.75) is 36.9 Å². The predicted molar refractivity (Wildman–Crippen MR) is 131 cm³/mol. The summed E-state index contributed by atoms with van der Waals surface area (Å²) >= 11 is 1.52. The smallest absolute Gasteiger partial charge is 0.233 e. The van der Waals surface area contributed by atoms with Crippen LogP contribution < -0.4 is 0 Å². The maximum absolute atomic E-state index is 13.2. The molecule has 7 heteroatoms. The van der Waals surface area contributed by atoms with Crippen LogP contribution in [0.25, 0.3) is 10.9 Å². The summed E-state index contributed by atoms with van der Waals surface area (Å²) in [5, 5.41) is 1.89. The fraction of sp³-hybridized carbons (Fsp3) is 0.423. The zero-order valence-corrected chi connectivity index (χ0v) is 19.9. The second kappa shape index (κ2) is 10.2. The third kappa shape index (κ3) is 5.05. The Morgan fingerprint density at radius 2 is 1.91 bits per heavy atom. The van der Waals surface area contributed by atoms with Gasteiger partial charge in [0.2, 0.25) is 5.91 Å². The van der Waals surface area contributed by atoms with E-state index in [2.05, 4.69) is 29.2 Å². The van der Waals surface area contributed by atoms with Crippen molar-refractivity contribution in [3.05, 3.63) is 65.5 Å². The summed E-state index contributed by atoms with van der Waals surface area (Å²) in [6.07, 6.45) is 3.24. The Labute approximate surface area is 199 Å². The van der Waals surface area contributed by atoms with Gasteiger partial charge in [-0.25, -0.2) is 9.97 Å². The van der Waals surface area contributed by atoms with E-state index in [9.17, 15) is 4.79 Å². The summed E-state index contributed by atoms with van der Waals surface area (Å²) in [5.74, 6) is 1.31. The topological polar surface area (TPSA) is 58.6 Å². The molecule has 0 bridgehead atoms. The molecule has 5 rings (SSSR count). The van der Waals surface area contributed by atoms with Crippen LogP contribution in [-0.4, -0.2) is 64.8 Å². The maximum atomic E-state index is 13.2. The fourth-order valence-corrected chi connectivity index (χ4v) is 5.73. The fourth-order valence-electron chi connectivity index (χ4n) is 4.77. The number of nitrogens with zero attached hydrogens (tertiary/aromatic N) is 4. The summed E-state index contributed by atoms with van der Waals surface area (Å²) in [4.78, 5) is 27.1. The first kappa shape index (κ1) is 22.3. The normalized spacial score (nSPS) is 18.8. The van der Waals surface area contributed by atoms with Gasteiger partial charge in [-0.15, -0.1) is 0 Å². The largest absolute Gasteiger partial charge is 0.379 e. The van der Waals surface area contributed by atoms with Gasteiger partial charge in [0.1, 0.15) is 10.9 Å². The Morgan fingerprint density at radius 3 is 2.79 bits per heavy atom. The number of fused-ring (bicyclic) bond motifs is 2. The minimum absolute atomic E-state index is 0.138. The van der Waals surface area contributed by atoms with Gasteiger partial charge in [-0.1, -0.05) is 54.2 Å². The van der Waals surface area contributed by atoms with Gasteiger partial charge in [-0.2, -0.15) is 0 Å². The van der Waals surface area contributed by atoms with Crippen LogP contribution in [0.4, 0.5) is 0 Å². The van der Waals surface area contributed by atoms with E-state index in [4.69, 9.17) is 14.7 Å². The summed E-state index contributed by atoms with van der Waals surface area (Å²) in [6.45, 7) is 3.99. The number of hydrogen-bond donors (Lipinski definition) is 0. The highest BCUT2D eigenvalue weighted by Gasteiger charge is 2.26. The van der Waals surface area contributed by atoms with Crippen LogP contribution in [0.15, 0.2) is 53.6 Å². The number of para-hydroxylation sites is 1. The van der Waals surface area contributed by atoms with Gasteiger partial charge < -0.3 is 9.64 Å². The number of benzene rings is 2. The molecule has 1 unspecified atom stereocenters. The molecular weight excluding hydrogens is 432 g/mol. The van der Waals surface area contributed by atoms with Crippen LogP contribution in [0.3, 0.4) is 0 Å². The van der Waals surface area contributed by atoms with E-state index in [0.29, 0.717) is 12.3 Å². The number of hydrogen-bond acceptors (Lipinski definition) is 6. The number of thioether (sulfide) groups is 1. The second-order valence-electron chi connectivity index (χ2n) is 8.75. The Balaban J connectivity index is 1.32. The summed E-state index contributed by atoms with van der Waals surface area (Å²) in [7, 11) is 1.94. The first-order valence-electron chi connectivity index (χ1n) is 11.7. The number of carbonyl (C=O) groups is 1. The zero-order valence-electron chi connectivity index (χ0n) is 19.1. The molecule has 2 aromatic carbocycles. The van der Waals surface area contributed by atoms with Crippen LogP contribution in [0.5, 0.6) is 0 Å². The standard InChI is InChI=1S/C26H30N4O2S/c1-29(23-12-6-8-19-7-2-3-9-20(19)23)25(31)18-33-26-21-10-4-5-11-22(21)27-24(28-26)17-30-13-15-32-16-14-30/h2-5,7,9-11,23H,6,8,12-18H2,1H3. The quantitative estimate of drug-likeness (QED) is 0.406. The Kier molecular flexibility index (Phi) is 6.90. The van der Waals surface area contributed by atoms with Gasteiger partial charge in [0.25, 0.3) is 0 Å². The second-order valence-corrected chi connectivity index (χ2v) is 9.71. The highest BCUT2D eigenvalue weighted by atomic mass is 32.2. The molecule has 1 amide bonds. The van der Waals surface area contributed by atoms with E-state index in [0.717, 1.165) is 67.3 Å². The number of morpholine rings is 1. The molecule has 0 spiro atoms. The van der Waals surface area contributed by atoms with Gasteiger partial charge in [-0.3, -0.25) is 9.69 Å². The SMILES string of the molecule is CN(C(=O)CSc1nc(CN2CCOCC2)nc2ccccc12)C1CCCc2ccccc21. The lowest BCUT2D eigenvalue weighted by molar-refractivity contribution is -0.129. The lowest BCUT2D eigenvalue weighted by Crippen LogP contribution is -2.36. The number of ether oxygens (including phenoxy) is 1. The third-order valence-corrected chi connectivity index (χ3v) is 7.59. The molecule has 6 nitrogen and oxygen atoms in total. The van der Waals surface area contributed by atoms with E-state index < -0.39 is 0 Å². The Morgan fingerprint density at radius 1 is 1.12 bits per heavy atom. The molecule has 1 atom stereocenters. The zero-order chi connectivity index (χ0) is 22.6. The van der Waals surface area contributed by atoms with Crippen molar-refractivity contribution in [1.29, 1.82) is 0 Å². The third-order valence-electron chi connectivity index (χ3n) is 6.61. The molecule has 1 fully saturated rings. The monoisotopic (exact) mass is 462 g/mol. The van der Waals surface area contributed by atoms with Gasteiger partial charge in [0.05, 0.1) is 37.1 Å². The van der Waals surface area contributed by atoms with Crippen LogP contribution in [0.1, 0.15) is 35.8 Å². The van der Waals surface area contributed by atoms with Gasteiger partial charge in [-0.05, 0) is 36.5 Å². The molecule has 0 radical (unpaired) electrons. The molecule has 2 heterocycles. The molecule has 0 N–H and O–H groups in total. The minimum atomic E-state index is 0.138. The van der Waals surface area contributed by atoms with Crippen LogP contribution in [-0.2, 0) is 22.5 Å². The number of rotatable bonds is 6. The van der Waals surface area contributed by atoms with E-state index in [-0.39, 0.29) is 11.9 Å². The lowest BCUT2D eigenvalue weighted by Gasteiger charge is -2.33. The van der Waals surface area contributed by atoms with Crippen molar-refractivity contribution in [3.8, 4) is 0 Å². The van der Waals surface area contributed by atoms with Gasteiger partial charge >= 0.3 is 0 Å². The Hall–Kier alpha value is -2.48. The molecule has 3 aromatic rings. The highest BCUT2D eigenvalue weighted by molar-refractivity contribution is 8.00. The first-order valence-corrected chi connectivity index (χ1v) is 12.7. The van der Waals surface area contributed by atoms with E-state index >= 15 is 0 Å². The average Bonchev–Trinajstić information content (AvgIpc) is 2.87. The van der Waals surface area contributed by atoms with Crippen molar-refractivity contribution < 1.29 is 9.53 Å². The molecule has 0 saturated carbocycles. The molecule has 1 aromatic heterocycles. The molecule has 1 saturated heterocycles. The van der Waals surface area contributed by atoms with Crippen molar-refractivity contribution in [3.63, 3.8) is 0 Å².